The summed E-state index contributed by atoms with van der Waals surface area (Å²) in [5.74, 6) is 2.11. The zero-order valence-electron chi connectivity index (χ0n) is 13.2. The second kappa shape index (κ2) is 9.08. The molecule has 5 nitrogen and oxygen atoms in total. The van der Waals surface area contributed by atoms with Gasteiger partial charge in [-0.25, -0.2) is 4.79 Å². The van der Waals surface area contributed by atoms with Gasteiger partial charge >= 0.3 is 5.97 Å². The van der Waals surface area contributed by atoms with Crippen LogP contribution < -0.4 is 10.1 Å². The Morgan fingerprint density at radius 3 is 2.52 bits per heavy atom. The lowest BCUT2D eigenvalue weighted by Gasteiger charge is -2.13. The predicted molar refractivity (Wildman–Crippen MR) is 93.8 cm³/mol. The van der Waals surface area contributed by atoms with E-state index in [0.29, 0.717) is 16.9 Å². The molecular weight excluding hydrogens is 334 g/mol. The maximum absolute atomic E-state index is 11.7. The summed E-state index contributed by atoms with van der Waals surface area (Å²) in [6, 6.07) is 7.76. The number of amides is 1. The lowest BCUT2D eigenvalue weighted by atomic mass is 10.2. The first-order valence-corrected chi connectivity index (χ1v) is 9.63. The van der Waals surface area contributed by atoms with Crippen molar-refractivity contribution in [1.29, 1.82) is 0 Å². The molecule has 2 rings (SSSR count). The number of nitrogens with one attached hydrogen (secondary N) is 1. The summed E-state index contributed by atoms with van der Waals surface area (Å²) in [6.07, 6.45) is -0.815. The van der Waals surface area contributed by atoms with Crippen molar-refractivity contribution in [2.24, 2.45) is 0 Å². The molecular formula is C16H21NO4S2. The van der Waals surface area contributed by atoms with E-state index in [0.717, 1.165) is 0 Å². The first-order valence-electron chi connectivity index (χ1n) is 7.53. The number of thioether (sulfide) groups is 2. The van der Waals surface area contributed by atoms with E-state index in [1.54, 1.807) is 0 Å². The highest BCUT2D eigenvalue weighted by Gasteiger charge is 2.19. The third-order valence-electron chi connectivity index (χ3n) is 3.16. The normalized spacial score (nSPS) is 15.9. The van der Waals surface area contributed by atoms with E-state index in [4.69, 9.17) is 9.47 Å². The Morgan fingerprint density at radius 1 is 1.26 bits per heavy atom. The zero-order valence-corrected chi connectivity index (χ0v) is 14.9. The lowest BCUT2D eigenvalue weighted by molar-refractivity contribution is -0.156. The molecule has 1 aliphatic heterocycles. The van der Waals surface area contributed by atoms with Gasteiger partial charge in [0.15, 0.2) is 12.7 Å². The van der Waals surface area contributed by atoms with Crippen LogP contribution in [0.1, 0.15) is 24.0 Å². The summed E-state index contributed by atoms with van der Waals surface area (Å²) in [5, 5.41) is 2.60. The van der Waals surface area contributed by atoms with Crippen LogP contribution in [0.3, 0.4) is 0 Å². The van der Waals surface area contributed by atoms with Crippen molar-refractivity contribution in [2.75, 3.05) is 24.7 Å². The van der Waals surface area contributed by atoms with Crippen LogP contribution in [0.4, 0.5) is 0 Å². The largest absolute Gasteiger partial charge is 0.482 e. The third-order valence-corrected chi connectivity index (χ3v) is 6.26. The number of rotatable bonds is 7. The Kier molecular flexibility index (Phi) is 7.11. The molecule has 0 aliphatic carbocycles. The fourth-order valence-corrected chi connectivity index (χ4v) is 4.88. The molecule has 1 fully saturated rings. The number of ether oxygens (including phenoxy) is 2. The Balaban J connectivity index is 1.76. The first-order chi connectivity index (χ1) is 11.1. The van der Waals surface area contributed by atoms with Gasteiger partial charge in [0.2, 0.25) is 0 Å². The van der Waals surface area contributed by atoms with Gasteiger partial charge in [-0.3, -0.25) is 4.79 Å². The first kappa shape index (κ1) is 18.0. The maximum atomic E-state index is 11.7. The van der Waals surface area contributed by atoms with Gasteiger partial charge in [-0.2, -0.15) is 0 Å². The number of esters is 1. The Morgan fingerprint density at radius 2 is 1.91 bits per heavy atom. The number of hydrogen-bond acceptors (Lipinski definition) is 6. The van der Waals surface area contributed by atoms with E-state index in [-0.39, 0.29) is 12.5 Å². The van der Waals surface area contributed by atoms with Crippen molar-refractivity contribution in [3.8, 4) is 5.75 Å². The Bertz CT molecular complexity index is 529. The molecule has 0 spiro atoms. The SMILES string of the molecule is CCNC(=O)[C@H](C)OC(=O)COc1ccc(C2SCCS2)cc1. The molecule has 0 saturated carbocycles. The van der Waals surface area contributed by atoms with E-state index in [1.165, 1.54) is 24.0 Å². The minimum absolute atomic E-state index is 0.212. The van der Waals surface area contributed by atoms with E-state index < -0.39 is 12.1 Å². The van der Waals surface area contributed by atoms with Gasteiger partial charge in [0, 0.05) is 18.1 Å². The van der Waals surface area contributed by atoms with Gasteiger partial charge in [0.25, 0.3) is 5.91 Å². The highest BCUT2D eigenvalue weighted by Crippen LogP contribution is 2.45. The van der Waals surface area contributed by atoms with E-state index in [9.17, 15) is 9.59 Å². The zero-order chi connectivity index (χ0) is 16.7. The standard InChI is InChI=1S/C16H21NO4S2/c1-3-17-15(19)11(2)21-14(18)10-20-13-6-4-12(5-7-13)16-22-8-9-23-16/h4-7,11,16H,3,8-10H2,1-2H3,(H,17,19)/t11-/m0/s1. The Labute approximate surface area is 144 Å². The average Bonchev–Trinajstić information content (AvgIpc) is 3.08. The molecule has 1 aliphatic rings. The van der Waals surface area contributed by atoms with Crippen LogP contribution in [0.25, 0.3) is 0 Å². The van der Waals surface area contributed by atoms with Gasteiger partial charge in [-0.05, 0) is 31.5 Å². The fraction of sp³-hybridized carbons (Fsp3) is 0.500. The molecule has 1 N–H and O–H groups in total. The van der Waals surface area contributed by atoms with Crippen LogP contribution in [0.15, 0.2) is 24.3 Å². The minimum Gasteiger partial charge on any atom is -0.482 e. The van der Waals surface area contributed by atoms with E-state index in [2.05, 4.69) is 5.32 Å². The lowest BCUT2D eigenvalue weighted by Crippen LogP contribution is -2.36. The summed E-state index contributed by atoms with van der Waals surface area (Å²) >= 11 is 3.89. The quantitative estimate of drug-likeness (QED) is 0.759. The van der Waals surface area contributed by atoms with Crippen molar-refractivity contribution >= 4 is 35.4 Å². The second-order valence-electron chi connectivity index (χ2n) is 4.96. The molecule has 1 heterocycles. The van der Waals surface area contributed by atoms with Gasteiger partial charge < -0.3 is 14.8 Å². The summed E-state index contributed by atoms with van der Waals surface area (Å²) in [4.78, 5) is 23.2. The molecule has 1 aromatic carbocycles. The number of carbonyl (C=O) groups is 2. The summed E-state index contributed by atoms with van der Waals surface area (Å²) in [6.45, 7) is 3.63. The molecule has 126 valence electrons. The van der Waals surface area contributed by atoms with Crippen molar-refractivity contribution in [3.05, 3.63) is 29.8 Å². The highest BCUT2D eigenvalue weighted by molar-refractivity contribution is 8.19. The van der Waals surface area contributed by atoms with Crippen LogP contribution in [0.2, 0.25) is 0 Å². The van der Waals surface area contributed by atoms with Crippen LogP contribution in [-0.4, -0.2) is 42.6 Å². The summed E-state index contributed by atoms with van der Waals surface area (Å²) in [5.41, 5.74) is 1.26. The molecule has 7 heteroatoms. The van der Waals surface area contributed by atoms with Gasteiger partial charge in [0.05, 0.1) is 4.58 Å². The third kappa shape index (κ3) is 5.66. The number of hydrogen-bond donors (Lipinski definition) is 1. The van der Waals surface area contributed by atoms with E-state index in [1.807, 2.05) is 54.7 Å². The number of likely N-dealkylation sites (N-methyl/N-ethyl adjacent to an activating group) is 1. The smallest absolute Gasteiger partial charge is 0.344 e. The van der Waals surface area contributed by atoms with Gasteiger partial charge in [-0.15, -0.1) is 23.5 Å². The van der Waals surface area contributed by atoms with Crippen molar-refractivity contribution < 1.29 is 19.1 Å². The molecule has 1 saturated heterocycles. The Hall–Kier alpha value is -1.34. The molecule has 1 amide bonds. The van der Waals surface area contributed by atoms with Crippen LogP contribution >= 0.6 is 23.5 Å². The van der Waals surface area contributed by atoms with Crippen molar-refractivity contribution in [1.82, 2.24) is 5.32 Å². The molecule has 0 radical (unpaired) electrons. The molecule has 1 aromatic rings. The molecule has 0 unspecified atom stereocenters. The van der Waals surface area contributed by atoms with Gasteiger partial charge in [0.1, 0.15) is 5.75 Å². The van der Waals surface area contributed by atoms with Crippen LogP contribution in [-0.2, 0) is 14.3 Å². The maximum Gasteiger partial charge on any atom is 0.344 e. The molecule has 23 heavy (non-hydrogen) atoms. The topological polar surface area (TPSA) is 64.6 Å². The van der Waals surface area contributed by atoms with Crippen molar-refractivity contribution in [2.45, 2.75) is 24.5 Å². The van der Waals surface area contributed by atoms with Crippen LogP contribution in [0, 0.1) is 0 Å². The summed E-state index contributed by atoms with van der Waals surface area (Å²) in [7, 11) is 0. The second-order valence-corrected chi connectivity index (χ2v) is 7.68. The molecule has 0 bridgehead atoms. The number of carbonyl (C=O) groups excluding carboxylic acids is 2. The predicted octanol–water partition coefficient (Wildman–Crippen LogP) is 2.61. The minimum atomic E-state index is -0.815. The number of benzene rings is 1. The molecule has 1 atom stereocenters. The highest BCUT2D eigenvalue weighted by atomic mass is 32.2. The van der Waals surface area contributed by atoms with Crippen LogP contribution in [0.5, 0.6) is 5.75 Å². The molecule has 0 aromatic heterocycles. The average molecular weight is 355 g/mol. The van der Waals surface area contributed by atoms with E-state index >= 15 is 0 Å². The fourth-order valence-electron chi connectivity index (χ4n) is 2.02. The van der Waals surface area contributed by atoms with Crippen molar-refractivity contribution in [3.63, 3.8) is 0 Å². The monoisotopic (exact) mass is 355 g/mol. The van der Waals surface area contributed by atoms with Gasteiger partial charge in [-0.1, -0.05) is 12.1 Å². The summed E-state index contributed by atoms with van der Waals surface area (Å²) < 4.78 is 10.9.